The molecule has 0 spiro atoms. The summed E-state index contributed by atoms with van der Waals surface area (Å²) in [7, 11) is 1.11. The zero-order chi connectivity index (χ0) is 14.6. The van der Waals surface area contributed by atoms with Gasteiger partial charge in [-0.1, -0.05) is 0 Å². The molecule has 0 aromatic heterocycles. The van der Waals surface area contributed by atoms with Gasteiger partial charge in [-0.15, -0.1) is 0 Å². The number of rotatable bonds is 1. The van der Waals surface area contributed by atoms with E-state index < -0.39 is 41.5 Å². The Morgan fingerprint density at radius 1 is 1.32 bits per heavy atom. The second-order valence-electron chi connectivity index (χ2n) is 5.91. The molecule has 1 aliphatic heterocycles. The minimum atomic E-state index is -2.89. The second kappa shape index (κ2) is 4.05. The van der Waals surface area contributed by atoms with Crippen molar-refractivity contribution in [2.75, 3.05) is 13.7 Å². The standard InChI is InChI=1S/C12H17F2NO4/c1-11(2,3)19-10(17)15-5-6-7(12(6,13)14)8(15)9(16)18-4/h6-8H,5H2,1-4H3. The number of hydrogen-bond donors (Lipinski definition) is 0. The highest BCUT2D eigenvalue weighted by Crippen LogP contribution is 2.62. The van der Waals surface area contributed by atoms with E-state index in [1.807, 2.05) is 0 Å². The maximum Gasteiger partial charge on any atom is 0.411 e. The highest BCUT2D eigenvalue weighted by Gasteiger charge is 2.78. The minimum Gasteiger partial charge on any atom is -0.467 e. The Balaban J connectivity index is 2.14. The molecule has 5 nitrogen and oxygen atoms in total. The molecule has 0 bridgehead atoms. The number of likely N-dealkylation sites (tertiary alicyclic amines) is 1. The van der Waals surface area contributed by atoms with Crippen LogP contribution in [0.3, 0.4) is 0 Å². The normalized spacial score (nSPS) is 31.7. The summed E-state index contributed by atoms with van der Waals surface area (Å²) in [5.74, 6) is -5.83. The first kappa shape index (κ1) is 14.0. The van der Waals surface area contributed by atoms with Gasteiger partial charge < -0.3 is 9.47 Å². The van der Waals surface area contributed by atoms with Crippen LogP contribution in [0.1, 0.15) is 20.8 Å². The largest absolute Gasteiger partial charge is 0.467 e. The van der Waals surface area contributed by atoms with Crippen molar-refractivity contribution in [1.82, 2.24) is 4.90 Å². The van der Waals surface area contributed by atoms with Crippen LogP contribution in [-0.4, -0.2) is 48.2 Å². The summed E-state index contributed by atoms with van der Waals surface area (Å²) in [6.07, 6.45) is -0.758. The number of carbonyl (C=O) groups is 2. The maximum absolute atomic E-state index is 13.4. The zero-order valence-corrected chi connectivity index (χ0v) is 11.3. The molecule has 0 N–H and O–H groups in total. The molecule has 2 rings (SSSR count). The number of hydrogen-bond acceptors (Lipinski definition) is 4. The lowest BCUT2D eigenvalue weighted by molar-refractivity contribution is -0.148. The summed E-state index contributed by atoms with van der Waals surface area (Å²) in [4.78, 5) is 24.6. The number of ether oxygens (including phenoxy) is 2. The molecule has 3 atom stereocenters. The predicted octanol–water partition coefficient (Wildman–Crippen LogP) is 1.66. The Morgan fingerprint density at radius 3 is 2.37 bits per heavy atom. The molecule has 1 aliphatic carbocycles. The number of methoxy groups -OCH3 is 1. The van der Waals surface area contributed by atoms with Crippen molar-refractivity contribution in [1.29, 1.82) is 0 Å². The molecule has 1 saturated carbocycles. The Hall–Kier alpha value is -1.40. The van der Waals surface area contributed by atoms with Gasteiger partial charge in [0.2, 0.25) is 0 Å². The number of nitrogens with zero attached hydrogens (tertiary/aromatic N) is 1. The van der Waals surface area contributed by atoms with Crippen LogP contribution in [0.5, 0.6) is 0 Å². The van der Waals surface area contributed by atoms with Crippen LogP contribution in [0, 0.1) is 11.8 Å². The molecular weight excluding hydrogens is 260 g/mol. The van der Waals surface area contributed by atoms with E-state index in [2.05, 4.69) is 4.74 Å². The lowest BCUT2D eigenvalue weighted by Crippen LogP contribution is -2.48. The molecule has 1 saturated heterocycles. The Labute approximate surface area is 109 Å². The van der Waals surface area contributed by atoms with Crippen LogP contribution in [0.15, 0.2) is 0 Å². The summed E-state index contributed by atoms with van der Waals surface area (Å²) in [6, 6.07) is -1.25. The van der Waals surface area contributed by atoms with Crippen LogP contribution in [-0.2, 0) is 14.3 Å². The summed E-state index contributed by atoms with van der Waals surface area (Å²) in [5.41, 5.74) is -0.743. The minimum absolute atomic E-state index is 0.174. The first-order chi connectivity index (χ1) is 8.59. The summed E-state index contributed by atoms with van der Waals surface area (Å²) >= 11 is 0. The van der Waals surface area contributed by atoms with Crippen molar-refractivity contribution >= 4 is 12.1 Å². The van der Waals surface area contributed by atoms with E-state index in [0.717, 1.165) is 12.0 Å². The third-order valence-electron chi connectivity index (χ3n) is 3.40. The average Bonchev–Trinajstić information content (AvgIpc) is 2.65. The van der Waals surface area contributed by atoms with Crippen LogP contribution in [0.2, 0.25) is 0 Å². The van der Waals surface area contributed by atoms with E-state index in [0.29, 0.717) is 0 Å². The molecule has 0 radical (unpaired) electrons. The van der Waals surface area contributed by atoms with Gasteiger partial charge >= 0.3 is 12.1 Å². The van der Waals surface area contributed by atoms with E-state index in [1.165, 1.54) is 0 Å². The van der Waals surface area contributed by atoms with E-state index in [1.54, 1.807) is 20.8 Å². The molecular formula is C12H17F2NO4. The topological polar surface area (TPSA) is 55.8 Å². The Kier molecular flexibility index (Phi) is 2.98. The van der Waals surface area contributed by atoms with Crippen molar-refractivity contribution in [2.24, 2.45) is 11.8 Å². The van der Waals surface area contributed by atoms with E-state index in [-0.39, 0.29) is 6.54 Å². The van der Waals surface area contributed by atoms with Gasteiger partial charge in [-0.05, 0) is 20.8 Å². The highest BCUT2D eigenvalue weighted by atomic mass is 19.3. The van der Waals surface area contributed by atoms with Gasteiger partial charge in [0.05, 0.1) is 18.9 Å². The van der Waals surface area contributed by atoms with Crippen molar-refractivity contribution < 1.29 is 27.8 Å². The SMILES string of the molecule is COC(=O)C1C2C(CN1C(=O)OC(C)(C)C)C2(F)F. The van der Waals surface area contributed by atoms with Crippen molar-refractivity contribution in [3.63, 3.8) is 0 Å². The van der Waals surface area contributed by atoms with Gasteiger partial charge in [0, 0.05) is 6.54 Å². The van der Waals surface area contributed by atoms with Crippen LogP contribution >= 0.6 is 0 Å². The van der Waals surface area contributed by atoms with Crippen molar-refractivity contribution in [3.05, 3.63) is 0 Å². The molecule has 1 amide bonds. The number of piperidine rings is 1. The molecule has 3 unspecified atom stereocenters. The molecule has 19 heavy (non-hydrogen) atoms. The molecule has 2 aliphatic rings. The summed E-state index contributed by atoms with van der Waals surface area (Å²) in [5, 5.41) is 0. The predicted molar refractivity (Wildman–Crippen MR) is 60.7 cm³/mol. The van der Waals surface area contributed by atoms with Gasteiger partial charge in [-0.3, -0.25) is 4.90 Å². The van der Waals surface area contributed by atoms with Gasteiger partial charge in [0.1, 0.15) is 11.6 Å². The number of alkyl halides is 2. The fourth-order valence-corrected chi connectivity index (χ4v) is 2.50. The Bertz CT molecular complexity index is 418. The van der Waals surface area contributed by atoms with Crippen LogP contribution in [0.4, 0.5) is 13.6 Å². The van der Waals surface area contributed by atoms with Gasteiger partial charge in [0.15, 0.2) is 0 Å². The van der Waals surface area contributed by atoms with E-state index in [9.17, 15) is 18.4 Å². The number of fused-ring (bicyclic) bond motifs is 1. The zero-order valence-electron chi connectivity index (χ0n) is 11.3. The van der Waals surface area contributed by atoms with Crippen LogP contribution < -0.4 is 0 Å². The molecule has 108 valence electrons. The number of amides is 1. The summed E-state index contributed by atoms with van der Waals surface area (Å²) < 4.78 is 36.4. The lowest BCUT2D eigenvalue weighted by atomic mass is 10.2. The van der Waals surface area contributed by atoms with E-state index >= 15 is 0 Å². The fraction of sp³-hybridized carbons (Fsp3) is 0.833. The molecule has 2 fully saturated rings. The average molecular weight is 277 g/mol. The molecule has 0 aromatic rings. The Morgan fingerprint density at radius 2 is 1.89 bits per heavy atom. The third-order valence-corrected chi connectivity index (χ3v) is 3.40. The number of carbonyl (C=O) groups excluding carboxylic acids is 2. The molecule has 1 heterocycles. The first-order valence-corrected chi connectivity index (χ1v) is 6.05. The fourth-order valence-electron chi connectivity index (χ4n) is 2.50. The maximum atomic E-state index is 13.4. The first-order valence-electron chi connectivity index (χ1n) is 6.05. The second-order valence-corrected chi connectivity index (χ2v) is 5.91. The smallest absolute Gasteiger partial charge is 0.411 e. The molecule has 7 heteroatoms. The van der Waals surface area contributed by atoms with Gasteiger partial charge in [-0.2, -0.15) is 0 Å². The van der Waals surface area contributed by atoms with Crippen molar-refractivity contribution in [2.45, 2.75) is 38.3 Å². The lowest BCUT2D eigenvalue weighted by Gasteiger charge is -2.29. The summed E-state index contributed by atoms with van der Waals surface area (Å²) in [6.45, 7) is 4.84. The monoisotopic (exact) mass is 277 g/mol. The van der Waals surface area contributed by atoms with Crippen molar-refractivity contribution in [3.8, 4) is 0 Å². The highest BCUT2D eigenvalue weighted by molar-refractivity contribution is 5.84. The van der Waals surface area contributed by atoms with Crippen LogP contribution in [0.25, 0.3) is 0 Å². The number of halogens is 2. The van der Waals surface area contributed by atoms with Gasteiger partial charge in [-0.25, -0.2) is 18.4 Å². The van der Waals surface area contributed by atoms with Gasteiger partial charge in [0.25, 0.3) is 5.92 Å². The number of esters is 1. The molecule has 0 aromatic carbocycles. The quantitative estimate of drug-likeness (QED) is 0.684. The third kappa shape index (κ3) is 2.26. The van der Waals surface area contributed by atoms with E-state index in [4.69, 9.17) is 4.74 Å².